The van der Waals surface area contributed by atoms with Gasteiger partial charge in [0.05, 0.1) is 24.4 Å². The summed E-state index contributed by atoms with van der Waals surface area (Å²) in [5, 5.41) is 12.8. The number of rotatable bonds is 5. The van der Waals surface area contributed by atoms with E-state index in [1.807, 2.05) is 48.5 Å². The van der Waals surface area contributed by atoms with Gasteiger partial charge < -0.3 is 19.5 Å². The average Bonchev–Trinajstić information content (AvgIpc) is 2.78. The molecule has 2 heterocycles. The number of carboxylic acids is 1. The molecule has 0 unspecified atom stereocenters. The maximum atomic E-state index is 12.2. The summed E-state index contributed by atoms with van der Waals surface area (Å²) in [6, 6.07) is 16.5. The Kier molecular flexibility index (Phi) is 5.76. The first-order chi connectivity index (χ1) is 14.6. The van der Waals surface area contributed by atoms with Crippen molar-refractivity contribution in [3.8, 4) is 0 Å². The summed E-state index contributed by atoms with van der Waals surface area (Å²) in [4.78, 5) is 30.4. The molecule has 4 rings (SSSR count). The summed E-state index contributed by atoms with van der Waals surface area (Å²) in [5.41, 5.74) is 2.18. The Labute approximate surface area is 173 Å². The highest BCUT2D eigenvalue weighted by atomic mass is 16.5. The Morgan fingerprint density at radius 1 is 1.10 bits per heavy atom. The molecular weight excluding hydrogens is 386 g/mol. The lowest BCUT2D eigenvalue weighted by Gasteiger charge is -2.29. The van der Waals surface area contributed by atoms with E-state index in [9.17, 15) is 14.7 Å². The van der Waals surface area contributed by atoms with Crippen molar-refractivity contribution in [2.45, 2.75) is 6.61 Å². The quantitative estimate of drug-likeness (QED) is 0.667. The zero-order valence-corrected chi connectivity index (χ0v) is 16.2. The fraction of sp³-hybridized carbons (Fsp3) is 0.227. The Morgan fingerprint density at radius 2 is 1.87 bits per heavy atom. The Morgan fingerprint density at radius 3 is 2.60 bits per heavy atom. The van der Waals surface area contributed by atoms with Crippen molar-refractivity contribution >= 4 is 34.3 Å². The molecule has 0 aliphatic carbocycles. The Balaban J connectivity index is 1.55. The molecule has 30 heavy (non-hydrogen) atoms. The lowest BCUT2D eigenvalue weighted by Crippen LogP contribution is -2.36. The molecule has 1 aliphatic rings. The number of hydrogen-bond donors (Lipinski definition) is 2. The minimum atomic E-state index is -1.23. The van der Waals surface area contributed by atoms with Crippen molar-refractivity contribution in [3.63, 3.8) is 0 Å². The zero-order valence-electron chi connectivity index (χ0n) is 16.2. The van der Waals surface area contributed by atoms with Crippen LogP contribution in [0.2, 0.25) is 0 Å². The SMILES string of the molecule is O=C(Nc1cc2ccc(N3CCOCC3)cc2nc1C(=O)O)OCc1ccccc1. The predicted molar refractivity (Wildman–Crippen MR) is 112 cm³/mol. The van der Waals surface area contributed by atoms with E-state index >= 15 is 0 Å². The molecule has 1 fully saturated rings. The van der Waals surface area contributed by atoms with Crippen LogP contribution in [0.1, 0.15) is 16.1 Å². The number of aromatic carboxylic acids is 1. The van der Waals surface area contributed by atoms with Gasteiger partial charge in [0.15, 0.2) is 5.69 Å². The minimum absolute atomic E-state index is 0.0823. The second-order valence-corrected chi connectivity index (χ2v) is 6.85. The molecule has 0 radical (unpaired) electrons. The first-order valence-corrected chi connectivity index (χ1v) is 9.58. The molecule has 8 nitrogen and oxygen atoms in total. The number of benzene rings is 2. The molecule has 154 valence electrons. The van der Waals surface area contributed by atoms with Gasteiger partial charge in [0, 0.05) is 24.2 Å². The molecule has 2 aromatic carbocycles. The van der Waals surface area contributed by atoms with Crippen LogP contribution in [-0.2, 0) is 16.1 Å². The van der Waals surface area contributed by atoms with Gasteiger partial charge in [-0.1, -0.05) is 36.4 Å². The van der Waals surface area contributed by atoms with Crippen LogP contribution in [0.15, 0.2) is 54.6 Å². The number of hydrogen-bond acceptors (Lipinski definition) is 6. The van der Waals surface area contributed by atoms with Crippen LogP contribution in [-0.4, -0.2) is 48.5 Å². The maximum Gasteiger partial charge on any atom is 0.412 e. The van der Waals surface area contributed by atoms with E-state index in [1.165, 1.54) is 0 Å². The monoisotopic (exact) mass is 407 g/mol. The van der Waals surface area contributed by atoms with Gasteiger partial charge >= 0.3 is 12.1 Å². The van der Waals surface area contributed by atoms with Gasteiger partial charge in [-0.05, 0) is 23.8 Å². The summed E-state index contributed by atoms with van der Waals surface area (Å²) in [6.45, 7) is 2.92. The molecular formula is C22H21N3O5. The highest BCUT2D eigenvalue weighted by Crippen LogP contribution is 2.26. The summed E-state index contributed by atoms with van der Waals surface area (Å²) >= 11 is 0. The van der Waals surface area contributed by atoms with E-state index < -0.39 is 12.1 Å². The van der Waals surface area contributed by atoms with Gasteiger partial charge in [0.2, 0.25) is 0 Å². The van der Waals surface area contributed by atoms with Gasteiger partial charge in [-0.15, -0.1) is 0 Å². The first-order valence-electron chi connectivity index (χ1n) is 9.58. The number of carbonyl (C=O) groups is 2. The van der Waals surface area contributed by atoms with Gasteiger partial charge in [0.1, 0.15) is 6.61 Å². The molecule has 1 saturated heterocycles. The molecule has 0 spiro atoms. The van der Waals surface area contributed by atoms with Crippen molar-refractivity contribution in [3.05, 3.63) is 65.9 Å². The number of pyridine rings is 1. The number of ether oxygens (including phenoxy) is 2. The number of morpholine rings is 1. The molecule has 0 saturated carbocycles. The zero-order chi connectivity index (χ0) is 20.9. The summed E-state index contributed by atoms with van der Waals surface area (Å²) in [7, 11) is 0. The number of fused-ring (bicyclic) bond motifs is 1. The standard InChI is InChI=1S/C22H21N3O5/c26-21(27)20-19(24-22(28)30-14-15-4-2-1-3-5-15)12-16-6-7-17(13-18(16)23-20)25-8-10-29-11-9-25/h1-7,12-13H,8-11,14H2,(H,24,28)(H,26,27). The number of carbonyl (C=O) groups excluding carboxylic acids is 1. The van der Waals surface area contributed by atoms with Crippen molar-refractivity contribution in [1.29, 1.82) is 0 Å². The van der Waals surface area contributed by atoms with E-state index in [4.69, 9.17) is 9.47 Å². The van der Waals surface area contributed by atoms with E-state index in [0.717, 1.165) is 29.7 Å². The number of aromatic nitrogens is 1. The molecule has 3 aromatic rings. The van der Waals surface area contributed by atoms with Crippen LogP contribution in [0.5, 0.6) is 0 Å². The largest absolute Gasteiger partial charge is 0.476 e. The topological polar surface area (TPSA) is 101 Å². The van der Waals surface area contributed by atoms with Gasteiger partial charge in [-0.25, -0.2) is 14.6 Å². The lowest BCUT2D eigenvalue weighted by atomic mass is 10.1. The van der Waals surface area contributed by atoms with Gasteiger partial charge in [-0.3, -0.25) is 5.32 Å². The molecule has 1 aromatic heterocycles. The molecule has 1 amide bonds. The normalized spacial score (nSPS) is 13.8. The minimum Gasteiger partial charge on any atom is -0.476 e. The van der Waals surface area contributed by atoms with E-state index in [-0.39, 0.29) is 18.0 Å². The lowest BCUT2D eigenvalue weighted by molar-refractivity contribution is 0.0692. The van der Waals surface area contributed by atoms with Crippen molar-refractivity contribution < 1.29 is 24.2 Å². The molecule has 8 heteroatoms. The number of nitrogens with one attached hydrogen (secondary N) is 1. The number of anilines is 2. The molecule has 0 bridgehead atoms. The first kappa shape index (κ1) is 19.7. The average molecular weight is 407 g/mol. The number of nitrogens with zero attached hydrogens (tertiary/aromatic N) is 2. The van der Waals surface area contributed by atoms with Crippen molar-refractivity contribution in [2.75, 3.05) is 36.5 Å². The van der Waals surface area contributed by atoms with E-state index in [1.54, 1.807) is 6.07 Å². The van der Waals surface area contributed by atoms with Crippen LogP contribution < -0.4 is 10.2 Å². The van der Waals surface area contributed by atoms with Crippen molar-refractivity contribution in [1.82, 2.24) is 4.98 Å². The van der Waals surface area contributed by atoms with E-state index in [0.29, 0.717) is 18.7 Å². The summed E-state index contributed by atoms with van der Waals surface area (Å²) < 4.78 is 10.6. The molecule has 0 atom stereocenters. The highest BCUT2D eigenvalue weighted by Gasteiger charge is 2.18. The summed E-state index contributed by atoms with van der Waals surface area (Å²) in [5.74, 6) is -1.23. The van der Waals surface area contributed by atoms with Crippen molar-refractivity contribution in [2.24, 2.45) is 0 Å². The molecule has 1 aliphatic heterocycles. The fourth-order valence-corrected chi connectivity index (χ4v) is 3.30. The second-order valence-electron chi connectivity index (χ2n) is 6.85. The Bertz CT molecular complexity index is 1070. The second kappa shape index (κ2) is 8.79. The van der Waals surface area contributed by atoms with Gasteiger partial charge in [0.25, 0.3) is 0 Å². The molecule has 2 N–H and O–H groups in total. The van der Waals surface area contributed by atoms with E-state index in [2.05, 4.69) is 15.2 Å². The smallest absolute Gasteiger partial charge is 0.412 e. The van der Waals surface area contributed by atoms with Crippen LogP contribution >= 0.6 is 0 Å². The van der Waals surface area contributed by atoms with Crippen LogP contribution in [0.25, 0.3) is 10.9 Å². The van der Waals surface area contributed by atoms with Crippen LogP contribution in [0.3, 0.4) is 0 Å². The maximum absolute atomic E-state index is 12.2. The highest BCUT2D eigenvalue weighted by molar-refractivity contribution is 6.01. The van der Waals surface area contributed by atoms with Crippen LogP contribution in [0.4, 0.5) is 16.2 Å². The van der Waals surface area contributed by atoms with Gasteiger partial charge in [-0.2, -0.15) is 0 Å². The fourth-order valence-electron chi connectivity index (χ4n) is 3.30. The Hall–Kier alpha value is -3.65. The predicted octanol–water partition coefficient (Wildman–Crippen LogP) is 3.52. The third-order valence-electron chi connectivity index (χ3n) is 4.83. The summed E-state index contributed by atoms with van der Waals surface area (Å²) in [6.07, 6.45) is -0.743. The third-order valence-corrected chi connectivity index (χ3v) is 4.83. The number of carboxylic acid groups (broad SMARTS) is 1. The van der Waals surface area contributed by atoms with Crippen LogP contribution in [0, 0.1) is 0 Å². The number of amides is 1. The third kappa shape index (κ3) is 4.49.